The minimum atomic E-state index is 0.220. The van der Waals surface area contributed by atoms with Gasteiger partial charge in [0.1, 0.15) is 0 Å². The molecule has 0 bridgehead atoms. The molecule has 1 saturated heterocycles. The van der Waals surface area contributed by atoms with Crippen LogP contribution in [0.5, 0.6) is 0 Å². The number of aromatic nitrogens is 1. The van der Waals surface area contributed by atoms with Crippen molar-refractivity contribution in [3.05, 3.63) is 60.3 Å². The van der Waals surface area contributed by atoms with Crippen LogP contribution in [0.4, 0.5) is 11.4 Å². The van der Waals surface area contributed by atoms with Crippen LogP contribution in [0.2, 0.25) is 0 Å². The predicted octanol–water partition coefficient (Wildman–Crippen LogP) is 4.83. The van der Waals surface area contributed by atoms with Crippen LogP contribution in [0, 0.1) is 5.92 Å². The number of hydrogen-bond donors (Lipinski definition) is 1. The zero-order valence-corrected chi connectivity index (χ0v) is 19.4. The van der Waals surface area contributed by atoms with E-state index in [9.17, 15) is 4.79 Å². The number of H-pyrrole nitrogens is 1. The zero-order valence-electron chi connectivity index (χ0n) is 19.4. The number of para-hydroxylation sites is 1. The maximum Gasteiger partial charge on any atom is 0.230 e. The van der Waals surface area contributed by atoms with Gasteiger partial charge in [0.15, 0.2) is 0 Å². The third-order valence-corrected chi connectivity index (χ3v) is 8.06. The number of amides is 1. The van der Waals surface area contributed by atoms with Gasteiger partial charge < -0.3 is 14.8 Å². The summed E-state index contributed by atoms with van der Waals surface area (Å²) in [7, 11) is 0. The summed E-state index contributed by atoms with van der Waals surface area (Å²) < 4.78 is 0. The summed E-state index contributed by atoms with van der Waals surface area (Å²) in [5, 5.41) is 1.31. The van der Waals surface area contributed by atoms with Crippen molar-refractivity contribution in [2.75, 3.05) is 42.5 Å². The summed E-state index contributed by atoms with van der Waals surface area (Å²) in [6.07, 6.45) is 8.70. The maximum absolute atomic E-state index is 13.6. The van der Waals surface area contributed by atoms with Crippen molar-refractivity contribution in [3.8, 4) is 0 Å². The number of anilines is 2. The second-order valence-corrected chi connectivity index (χ2v) is 10.0. The molecule has 1 aromatic heterocycles. The Kier molecular flexibility index (Phi) is 5.58. The lowest BCUT2D eigenvalue weighted by molar-refractivity contribution is -0.122. The number of rotatable bonds is 4. The van der Waals surface area contributed by atoms with Crippen molar-refractivity contribution in [2.45, 2.75) is 44.6 Å². The summed E-state index contributed by atoms with van der Waals surface area (Å²) in [5.41, 5.74) is 5.04. The molecule has 3 aromatic rings. The van der Waals surface area contributed by atoms with E-state index in [-0.39, 0.29) is 12.0 Å². The van der Waals surface area contributed by atoms with Gasteiger partial charge in [-0.15, -0.1) is 0 Å². The lowest BCUT2D eigenvalue weighted by Gasteiger charge is -2.43. The minimum Gasteiger partial charge on any atom is -0.368 e. The van der Waals surface area contributed by atoms with Crippen LogP contribution in [0.3, 0.4) is 0 Å². The number of carbonyl (C=O) groups excluding carboxylic acids is 1. The molecule has 1 atom stereocenters. The average Bonchev–Trinajstić information content (AvgIpc) is 3.56. The van der Waals surface area contributed by atoms with E-state index in [1.165, 1.54) is 40.7 Å². The first-order chi connectivity index (χ1) is 16.3. The highest BCUT2D eigenvalue weighted by molar-refractivity contribution is 5.97. The van der Waals surface area contributed by atoms with Crippen molar-refractivity contribution in [2.24, 2.45) is 5.92 Å². The normalized spacial score (nSPS) is 22.1. The first-order valence-corrected chi connectivity index (χ1v) is 12.7. The Morgan fingerprint density at radius 3 is 2.52 bits per heavy atom. The Bertz CT molecular complexity index is 1120. The third kappa shape index (κ3) is 3.93. The fourth-order valence-electron chi connectivity index (χ4n) is 6.26. The molecular formula is C28H34N4O. The average molecular weight is 443 g/mol. The molecule has 0 spiro atoms. The summed E-state index contributed by atoms with van der Waals surface area (Å²) in [6, 6.07) is 17.6. The molecule has 1 N–H and O–H groups in total. The van der Waals surface area contributed by atoms with E-state index in [1.807, 2.05) is 6.20 Å². The first-order valence-electron chi connectivity index (χ1n) is 12.7. The van der Waals surface area contributed by atoms with E-state index in [0.29, 0.717) is 5.91 Å². The van der Waals surface area contributed by atoms with E-state index in [1.54, 1.807) is 0 Å². The van der Waals surface area contributed by atoms with Gasteiger partial charge in [0.05, 0.1) is 0 Å². The molecular weight excluding hydrogens is 408 g/mol. The monoisotopic (exact) mass is 442 g/mol. The fraction of sp³-hybridized carbons (Fsp3) is 0.464. The van der Waals surface area contributed by atoms with Crippen molar-refractivity contribution < 1.29 is 4.79 Å². The lowest BCUT2D eigenvalue weighted by Crippen LogP contribution is -2.55. The van der Waals surface area contributed by atoms with Crippen molar-refractivity contribution in [1.29, 1.82) is 0 Å². The Morgan fingerprint density at radius 2 is 1.67 bits per heavy atom. The van der Waals surface area contributed by atoms with Crippen LogP contribution < -0.4 is 9.80 Å². The Morgan fingerprint density at radius 1 is 0.879 bits per heavy atom. The molecule has 3 aliphatic rings. The molecule has 5 nitrogen and oxygen atoms in total. The minimum absolute atomic E-state index is 0.220. The maximum atomic E-state index is 13.6. The quantitative estimate of drug-likeness (QED) is 0.629. The lowest BCUT2D eigenvalue weighted by atomic mass is 9.93. The number of carbonyl (C=O) groups is 1. The molecule has 1 saturated carbocycles. The van der Waals surface area contributed by atoms with Crippen LogP contribution in [0.15, 0.2) is 54.7 Å². The second kappa shape index (κ2) is 8.86. The molecule has 33 heavy (non-hydrogen) atoms. The summed E-state index contributed by atoms with van der Waals surface area (Å²) in [6.45, 7) is 5.14. The summed E-state index contributed by atoms with van der Waals surface area (Å²) in [5.74, 6) is 0.597. The van der Waals surface area contributed by atoms with E-state index in [4.69, 9.17) is 0 Å². The SMILES string of the molecule is O=C(C1CCCC1)N1c2ccccc2CCC1CN1CCN(c2cccc3[nH]ccc23)CC1. The van der Waals surface area contributed by atoms with Crippen LogP contribution in [0.25, 0.3) is 10.9 Å². The first kappa shape index (κ1) is 20.8. The molecule has 6 rings (SSSR count). The van der Waals surface area contributed by atoms with Gasteiger partial charge in [-0.2, -0.15) is 0 Å². The largest absolute Gasteiger partial charge is 0.368 e. The number of aryl methyl sites for hydroxylation is 1. The molecule has 2 fully saturated rings. The smallest absolute Gasteiger partial charge is 0.230 e. The number of nitrogens with zero attached hydrogens (tertiary/aromatic N) is 3. The molecule has 2 aromatic carbocycles. The number of fused-ring (bicyclic) bond motifs is 2. The van der Waals surface area contributed by atoms with Crippen molar-refractivity contribution in [3.63, 3.8) is 0 Å². The van der Waals surface area contributed by atoms with Crippen LogP contribution in [0.1, 0.15) is 37.7 Å². The van der Waals surface area contributed by atoms with E-state index < -0.39 is 0 Å². The molecule has 5 heteroatoms. The van der Waals surface area contributed by atoms with Crippen LogP contribution >= 0.6 is 0 Å². The van der Waals surface area contributed by atoms with Gasteiger partial charge in [0.2, 0.25) is 5.91 Å². The van der Waals surface area contributed by atoms with Gasteiger partial charge in [-0.3, -0.25) is 9.69 Å². The molecule has 2 aliphatic heterocycles. The summed E-state index contributed by atoms with van der Waals surface area (Å²) in [4.78, 5) is 24.3. The Hall–Kier alpha value is -2.79. The van der Waals surface area contributed by atoms with Gasteiger partial charge in [-0.25, -0.2) is 0 Å². The molecule has 3 heterocycles. The van der Waals surface area contributed by atoms with Gasteiger partial charge >= 0.3 is 0 Å². The topological polar surface area (TPSA) is 42.6 Å². The van der Waals surface area contributed by atoms with E-state index >= 15 is 0 Å². The number of piperazine rings is 1. The Balaban J connectivity index is 1.17. The highest BCUT2D eigenvalue weighted by Crippen LogP contribution is 2.36. The zero-order chi connectivity index (χ0) is 22.2. The van der Waals surface area contributed by atoms with E-state index in [0.717, 1.165) is 58.4 Å². The molecule has 0 radical (unpaired) electrons. The standard InChI is InChI=1S/C28H34N4O/c33-28(22-7-1-2-8-22)32-23(13-12-21-6-3-4-10-26(21)32)20-30-16-18-31(19-17-30)27-11-5-9-25-24(27)14-15-29-25/h3-6,9-11,14-15,22-23,29H,1-2,7-8,12-13,16-20H2. The van der Waals surface area contributed by atoms with Gasteiger partial charge in [-0.05, 0) is 55.5 Å². The molecule has 1 aliphatic carbocycles. The van der Waals surface area contributed by atoms with Crippen LogP contribution in [-0.4, -0.2) is 54.6 Å². The van der Waals surface area contributed by atoms with Crippen LogP contribution in [-0.2, 0) is 11.2 Å². The highest BCUT2D eigenvalue weighted by atomic mass is 16.2. The summed E-state index contributed by atoms with van der Waals surface area (Å²) >= 11 is 0. The van der Waals surface area contributed by atoms with Gasteiger partial charge in [0.25, 0.3) is 0 Å². The fourth-order valence-corrected chi connectivity index (χ4v) is 6.26. The van der Waals surface area contributed by atoms with Gasteiger partial charge in [-0.1, -0.05) is 37.1 Å². The predicted molar refractivity (Wildman–Crippen MR) is 135 cm³/mol. The highest BCUT2D eigenvalue weighted by Gasteiger charge is 2.36. The van der Waals surface area contributed by atoms with Crippen molar-refractivity contribution in [1.82, 2.24) is 9.88 Å². The molecule has 1 unspecified atom stereocenters. The number of benzene rings is 2. The van der Waals surface area contributed by atoms with Gasteiger partial charge in [0, 0.05) is 73.2 Å². The molecule has 172 valence electrons. The molecule has 1 amide bonds. The second-order valence-electron chi connectivity index (χ2n) is 10.0. The van der Waals surface area contributed by atoms with Crippen molar-refractivity contribution >= 4 is 28.2 Å². The third-order valence-electron chi connectivity index (χ3n) is 8.06. The number of hydrogen-bond acceptors (Lipinski definition) is 3. The number of aromatic amines is 1. The number of nitrogens with one attached hydrogen (secondary N) is 1. The Labute approximate surface area is 196 Å². The van der Waals surface area contributed by atoms with E-state index in [2.05, 4.69) is 68.2 Å².